The van der Waals surface area contributed by atoms with Crippen LogP contribution in [0.5, 0.6) is 0 Å². The third-order valence-corrected chi connectivity index (χ3v) is 3.56. The lowest BCUT2D eigenvalue weighted by atomic mass is 10.1. The van der Waals surface area contributed by atoms with Crippen LogP contribution in [-0.4, -0.2) is 36.8 Å². The molecule has 1 aromatic heterocycles. The molecule has 4 nitrogen and oxygen atoms in total. The summed E-state index contributed by atoms with van der Waals surface area (Å²) in [7, 11) is 0. The molecule has 2 rings (SSSR count). The zero-order chi connectivity index (χ0) is 13.8. The molecule has 1 aliphatic heterocycles. The first-order valence-corrected chi connectivity index (χ1v) is 7.17. The summed E-state index contributed by atoms with van der Waals surface area (Å²) in [6.45, 7) is 8.98. The number of aromatic nitrogens is 1. The SMILES string of the molecule is CCC1CN(c2ncc(CC(C)N)cc2C)CCO1. The number of ether oxygens (including phenoxy) is 1. The smallest absolute Gasteiger partial charge is 0.131 e. The maximum atomic E-state index is 5.84. The third kappa shape index (κ3) is 3.67. The van der Waals surface area contributed by atoms with Gasteiger partial charge >= 0.3 is 0 Å². The lowest BCUT2D eigenvalue weighted by Gasteiger charge is -2.34. The van der Waals surface area contributed by atoms with Crippen LogP contribution >= 0.6 is 0 Å². The number of pyridine rings is 1. The molecule has 0 aliphatic carbocycles. The molecule has 19 heavy (non-hydrogen) atoms. The Morgan fingerprint density at radius 3 is 3.00 bits per heavy atom. The van der Waals surface area contributed by atoms with Crippen molar-refractivity contribution in [3.05, 3.63) is 23.4 Å². The molecule has 0 bridgehead atoms. The first-order valence-electron chi connectivity index (χ1n) is 7.17. The first-order chi connectivity index (χ1) is 9.10. The van der Waals surface area contributed by atoms with Gasteiger partial charge in [0.2, 0.25) is 0 Å². The van der Waals surface area contributed by atoms with Crippen LogP contribution in [0.4, 0.5) is 5.82 Å². The van der Waals surface area contributed by atoms with E-state index in [2.05, 4.69) is 29.8 Å². The number of anilines is 1. The molecule has 0 radical (unpaired) electrons. The fourth-order valence-corrected chi connectivity index (χ4v) is 2.60. The van der Waals surface area contributed by atoms with Gasteiger partial charge in [0, 0.05) is 25.3 Å². The van der Waals surface area contributed by atoms with E-state index in [1.54, 1.807) is 0 Å². The average molecular weight is 263 g/mol. The molecule has 1 aliphatic rings. The molecule has 1 saturated heterocycles. The highest BCUT2D eigenvalue weighted by Gasteiger charge is 2.21. The lowest BCUT2D eigenvalue weighted by Crippen LogP contribution is -2.43. The van der Waals surface area contributed by atoms with Crippen molar-refractivity contribution in [1.29, 1.82) is 0 Å². The quantitative estimate of drug-likeness (QED) is 0.901. The number of rotatable bonds is 4. The molecular formula is C15H25N3O. The molecule has 0 aromatic carbocycles. The molecule has 0 spiro atoms. The van der Waals surface area contributed by atoms with Crippen molar-refractivity contribution in [1.82, 2.24) is 4.98 Å². The monoisotopic (exact) mass is 263 g/mol. The molecule has 106 valence electrons. The van der Waals surface area contributed by atoms with E-state index in [0.717, 1.165) is 38.4 Å². The Labute approximate surface area is 116 Å². The first kappa shape index (κ1) is 14.3. The van der Waals surface area contributed by atoms with Crippen LogP contribution < -0.4 is 10.6 Å². The van der Waals surface area contributed by atoms with Gasteiger partial charge in [-0.3, -0.25) is 0 Å². The maximum Gasteiger partial charge on any atom is 0.131 e. The van der Waals surface area contributed by atoms with Gasteiger partial charge in [0.1, 0.15) is 5.82 Å². The van der Waals surface area contributed by atoms with E-state index in [1.807, 2.05) is 13.1 Å². The van der Waals surface area contributed by atoms with Crippen LogP contribution in [0.2, 0.25) is 0 Å². The van der Waals surface area contributed by atoms with Crippen LogP contribution in [0.1, 0.15) is 31.4 Å². The summed E-state index contributed by atoms with van der Waals surface area (Å²) in [5.41, 5.74) is 8.29. The van der Waals surface area contributed by atoms with Gasteiger partial charge in [-0.1, -0.05) is 13.0 Å². The van der Waals surface area contributed by atoms with Gasteiger partial charge in [0.25, 0.3) is 0 Å². The van der Waals surface area contributed by atoms with Crippen molar-refractivity contribution in [2.45, 2.75) is 45.8 Å². The molecule has 2 heterocycles. The van der Waals surface area contributed by atoms with E-state index in [-0.39, 0.29) is 6.04 Å². The second kappa shape index (κ2) is 6.35. The minimum absolute atomic E-state index is 0.180. The minimum Gasteiger partial charge on any atom is -0.375 e. The third-order valence-electron chi connectivity index (χ3n) is 3.56. The van der Waals surface area contributed by atoms with E-state index in [9.17, 15) is 0 Å². The number of aryl methyl sites for hydroxylation is 1. The number of hydrogen-bond acceptors (Lipinski definition) is 4. The van der Waals surface area contributed by atoms with Crippen molar-refractivity contribution in [3.63, 3.8) is 0 Å². The number of nitrogens with two attached hydrogens (primary N) is 1. The fraction of sp³-hybridized carbons (Fsp3) is 0.667. The van der Waals surface area contributed by atoms with Crippen LogP contribution in [-0.2, 0) is 11.2 Å². The van der Waals surface area contributed by atoms with Gasteiger partial charge in [-0.15, -0.1) is 0 Å². The Bertz CT molecular complexity index is 420. The van der Waals surface area contributed by atoms with Crippen LogP contribution in [0.15, 0.2) is 12.3 Å². The molecule has 0 amide bonds. The van der Waals surface area contributed by atoms with Crippen LogP contribution in [0.3, 0.4) is 0 Å². The highest BCUT2D eigenvalue weighted by Crippen LogP contribution is 2.21. The predicted molar refractivity (Wildman–Crippen MR) is 78.6 cm³/mol. The zero-order valence-corrected chi connectivity index (χ0v) is 12.2. The fourth-order valence-electron chi connectivity index (χ4n) is 2.60. The van der Waals surface area contributed by atoms with Gasteiger partial charge in [-0.2, -0.15) is 0 Å². The van der Waals surface area contributed by atoms with E-state index in [1.165, 1.54) is 11.1 Å². The van der Waals surface area contributed by atoms with Crippen LogP contribution in [0, 0.1) is 6.92 Å². The molecule has 0 saturated carbocycles. The summed E-state index contributed by atoms with van der Waals surface area (Å²) >= 11 is 0. The minimum atomic E-state index is 0.180. The zero-order valence-electron chi connectivity index (χ0n) is 12.2. The van der Waals surface area contributed by atoms with E-state index >= 15 is 0 Å². The maximum absolute atomic E-state index is 5.84. The standard InChI is InChI=1S/C15H25N3O/c1-4-14-10-18(5-6-19-14)15-11(2)7-13(9-17-15)8-12(3)16/h7,9,12,14H,4-6,8,10,16H2,1-3H3. The average Bonchev–Trinajstić information content (AvgIpc) is 2.38. The summed E-state index contributed by atoms with van der Waals surface area (Å²) in [4.78, 5) is 6.97. The Kier molecular flexibility index (Phi) is 4.77. The summed E-state index contributed by atoms with van der Waals surface area (Å²) in [6, 6.07) is 2.39. The second-order valence-electron chi connectivity index (χ2n) is 5.51. The highest BCUT2D eigenvalue weighted by molar-refractivity contribution is 5.48. The molecule has 2 N–H and O–H groups in total. The Balaban J connectivity index is 2.11. The highest BCUT2D eigenvalue weighted by atomic mass is 16.5. The van der Waals surface area contributed by atoms with Crippen molar-refractivity contribution in [2.24, 2.45) is 5.73 Å². The summed E-state index contributed by atoms with van der Waals surface area (Å²) in [6.07, 6.45) is 4.23. The number of nitrogens with zero attached hydrogens (tertiary/aromatic N) is 2. The van der Waals surface area contributed by atoms with Gasteiger partial charge in [-0.05, 0) is 37.8 Å². The summed E-state index contributed by atoms with van der Waals surface area (Å²) in [5, 5.41) is 0. The number of hydrogen-bond donors (Lipinski definition) is 1. The molecule has 1 aromatic rings. The van der Waals surface area contributed by atoms with Crippen molar-refractivity contribution in [3.8, 4) is 0 Å². The van der Waals surface area contributed by atoms with Crippen molar-refractivity contribution in [2.75, 3.05) is 24.6 Å². The van der Waals surface area contributed by atoms with E-state index in [4.69, 9.17) is 10.5 Å². The summed E-state index contributed by atoms with van der Waals surface area (Å²) in [5.74, 6) is 1.09. The Morgan fingerprint density at radius 2 is 2.37 bits per heavy atom. The normalized spacial score (nSPS) is 21.5. The van der Waals surface area contributed by atoms with Gasteiger partial charge in [0.05, 0.1) is 12.7 Å². The molecule has 1 fully saturated rings. The lowest BCUT2D eigenvalue weighted by molar-refractivity contribution is 0.0381. The second-order valence-corrected chi connectivity index (χ2v) is 5.51. The van der Waals surface area contributed by atoms with E-state index < -0.39 is 0 Å². The van der Waals surface area contributed by atoms with Crippen molar-refractivity contribution < 1.29 is 4.74 Å². The molecular weight excluding hydrogens is 238 g/mol. The van der Waals surface area contributed by atoms with Crippen molar-refractivity contribution >= 4 is 5.82 Å². The Morgan fingerprint density at radius 1 is 1.58 bits per heavy atom. The van der Waals surface area contributed by atoms with Gasteiger partial charge in [-0.25, -0.2) is 4.98 Å². The molecule has 2 atom stereocenters. The molecule has 2 unspecified atom stereocenters. The van der Waals surface area contributed by atoms with Crippen LogP contribution in [0.25, 0.3) is 0 Å². The summed E-state index contributed by atoms with van der Waals surface area (Å²) < 4.78 is 5.71. The number of morpholine rings is 1. The topological polar surface area (TPSA) is 51.4 Å². The Hall–Kier alpha value is -1.13. The van der Waals surface area contributed by atoms with E-state index in [0.29, 0.717) is 6.10 Å². The van der Waals surface area contributed by atoms with Gasteiger partial charge < -0.3 is 15.4 Å². The largest absolute Gasteiger partial charge is 0.375 e. The molecule has 4 heteroatoms. The predicted octanol–water partition coefficient (Wildman–Crippen LogP) is 1.89. The van der Waals surface area contributed by atoms with Gasteiger partial charge in [0.15, 0.2) is 0 Å².